The molecule has 100 valence electrons. The van der Waals surface area contributed by atoms with Gasteiger partial charge in [-0.05, 0) is 47.2 Å². The fraction of sp³-hybridized carbons (Fsp3) is 0. The standard InChI is InChI=1S/C14H9ClN2O2S/c15-12-6-9(14(18)19)7-13(17-12)16-10-1-2-11-8(5-10)3-4-20-11/h1-7H,(H,16,17)(H,18,19). The van der Waals surface area contributed by atoms with Crippen LogP contribution in [0, 0.1) is 0 Å². The Morgan fingerprint density at radius 2 is 2.10 bits per heavy atom. The number of pyridine rings is 1. The van der Waals surface area contributed by atoms with E-state index in [0.29, 0.717) is 5.82 Å². The SMILES string of the molecule is O=C(O)c1cc(Cl)nc(Nc2ccc3sccc3c2)c1. The number of nitrogens with zero attached hydrogens (tertiary/aromatic N) is 1. The Morgan fingerprint density at radius 1 is 1.25 bits per heavy atom. The number of thiophene rings is 1. The van der Waals surface area contributed by atoms with Gasteiger partial charge in [0.2, 0.25) is 0 Å². The Bertz CT molecular complexity index is 801. The molecular weight excluding hydrogens is 296 g/mol. The highest BCUT2D eigenvalue weighted by Gasteiger charge is 2.08. The second-order valence-electron chi connectivity index (χ2n) is 4.17. The highest BCUT2D eigenvalue weighted by atomic mass is 35.5. The molecule has 0 spiro atoms. The van der Waals surface area contributed by atoms with Crippen LogP contribution in [0.3, 0.4) is 0 Å². The zero-order chi connectivity index (χ0) is 14.1. The first kappa shape index (κ1) is 12.9. The second kappa shape index (κ2) is 5.11. The van der Waals surface area contributed by atoms with Crippen LogP contribution in [0.1, 0.15) is 10.4 Å². The van der Waals surface area contributed by atoms with Crippen molar-refractivity contribution in [2.75, 3.05) is 5.32 Å². The number of hydrogen-bond donors (Lipinski definition) is 2. The molecule has 0 aliphatic heterocycles. The molecule has 0 saturated heterocycles. The minimum atomic E-state index is -1.04. The number of carboxylic acid groups (broad SMARTS) is 1. The van der Waals surface area contributed by atoms with Crippen molar-refractivity contribution < 1.29 is 9.90 Å². The van der Waals surface area contributed by atoms with Gasteiger partial charge in [0.25, 0.3) is 0 Å². The van der Waals surface area contributed by atoms with E-state index in [4.69, 9.17) is 16.7 Å². The molecule has 2 N–H and O–H groups in total. The summed E-state index contributed by atoms with van der Waals surface area (Å²) in [5.41, 5.74) is 0.936. The molecular formula is C14H9ClN2O2S. The van der Waals surface area contributed by atoms with E-state index in [2.05, 4.69) is 10.3 Å². The van der Waals surface area contributed by atoms with Gasteiger partial charge in [0.15, 0.2) is 0 Å². The summed E-state index contributed by atoms with van der Waals surface area (Å²) in [5.74, 6) is -0.630. The molecule has 0 fully saturated rings. The van der Waals surface area contributed by atoms with Gasteiger partial charge in [0.05, 0.1) is 5.56 Å². The van der Waals surface area contributed by atoms with Crippen molar-refractivity contribution in [2.45, 2.75) is 0 Å². The van der Waals surface area contributed by atoms with E-state index in [9.17, 15) is 4.79 Å². The Kier molecular flexibility index (Phi) is 3.30. The summed E-state index contributed by atoms with van der Waals surface area (Å²) < 4.78 is 1.20. The van der Waals surface area contributed by atoms with Crippen LogP contribution in [0.25, 0.3) is 10.1 Å². The van der Waals surface area contributed by atoms with Gasteiger partial charge in [-0.3, -0.25) is 0 Å². The molecule has 0 unspecified atom stereocenters. The molecule has 2 heterocycles. The fourth-order valence-electron chi connectivity index (χ4n) is 1.88. The highest BCUT2D eigenvalue weighted by molar-refractivity contribution is 7.17. The maximum atomic E-state index is 11.0. The Balaban J connectivity index is 1.95. The van der Waals surface area contributed by atoms with E-state index < -0.39 is 5.97 Å². The van der Waals surface area contributed by atoms with Crippen molar-refractivity contribution in [1.29, 1.82) is 0 Å². The predicted molar refractivity (Wildman–Crippen MR) is 81.3 cm³/mol. The largest absolute Gasteiger partial charge is 0.478 e. The Hall–Kier alpha value is -2.11. The number of anilines is 2. The van der Waals surface area contributed by atoms with E-state index in [0.717, 1.165) is 11.1 Å². The lowest BCUT2D eigenvalue weighted by Crippen LogP contribution is -2.00. The molecule has 4 nitrogen and oxygen atoms in total. The number of nitrogens with one attached hydrogen (secondary N) is 1. The molecule has 3 aromatic rings. The van der Waals surface area contributed by atoms with Crippen LogP contribution in [0.4, 0.5) is 11.5 Å². The molecule has 1 aromatic carbocycles. The van der Waals surface area contributed by atoms with Crippen LogP contribution in [0.2, 0.25) is 5.15 Å². The summed E-state index contributed by atoms with van der Waals surface area (Å²) in [6.45, 7) is 0. The first-order valence-electron chi connectivity index (χ1n) is 5.77. The van der Waals surface area contributed by atoms with Crippen molar-refractivity contribution >= 4 is 50.5 Å². The number of fused-ring (bicyclic) bond motifs is 1. The van der Waals surface area contributed by atoms with Gasteiger partial charge in [-0.15, -0.1) is 11.3 Å². The van der Waals surface area contributed by atoms with E-state index in [-0.39, 0.29) is 10.7 Å². The molecule has 0 aliphatic rings. The second-order valence-corrected chi connectivity index (χ2v) is 5.50. The number of carbonyl (C=O) groups is 1. The first-order valence-corrected chi connectivity index (χ1v) is 7.03. The lowest BCUT2D eigenvalue weighted by molar-refractivity contribution is 0.0697. The molecule has 0 aliphatic carbocycles. The maximum absolute atomic E-state index is 11.0. The van der Waals surface area contributed by atoms with Gasteiger partial charge in [-0.1, -0.05) is 11.6 Å². The maximum Gasteiger partial charge on any atom is 0.335 e. The summed E-state index contributed by atoms with van der Waals surface area (Å²) in [4.78, 5) is 15.1. The van der Waals surface area contributed by atoms with Crippen molar-refractivity contribution in [1.82, 2.24) is 4.98 Å². The third-order valence-electron chi connectivity index (χ3n) is 2.77. The molecule has 0 radical (unpaired) electrons. The minimum absolute atomic E-state index is 0.101. The molecule has 0 bridgehead atoms. The first-order chi connectivity index (χ1) is 9.61. The third-order valence-corrected chi connectivity index (χ3v) is 3.86. The van der Waals surface area contributed by atoms with Gasteiger partial charge in [0, 0.05) is 10.4 Å². The molecule has 6 heteroatoms. The van der Waals surface area contributed by atoms with Gasteiger partial charge in [0.1, 0.15) is 11.0 Å². The monoisotopic (exact) mass is 304 g/mol. The number of aromatic nitrogens is 1. The van der Waals surface area contributed by atoms with Crippen LogP contribution in [0.15, 0.2) is 41.8 Å². The number of carboxylic acids is 1. The molecule has 3 rings (SSSR count). The fourth-order valence-corrected chi connectivity index (χ4v) is 2.86. The molecule has 0 atom stereocenters. The van der Waals surface area contributed by atoms with E-state index >= 15 is 0 Å². The number of halogens is 1. The summed E-state index contributed by atoms with van der Waals surface area (Å²) in [5, 5.41) is 15.4. The average Bonchev–Trinajstić information content (AvgIpc) is 2.85. The van der Waals surface area contributed by atoms with Gasteiger partial charge in [-0.2, -0.15) is 0 Å². The van der Waals surface area contributed by atoms with Crippen LogP contribution in [0.5, 0.6) is 0 Å². The zero-order valence-electron chi connectivity index (χ0n) is 10.1. The number of rotatable bonds is 3. The molecule has 0 amide bonds. The normalized spacial score (nSPS) is 10.7. The lowest BCUT2D eigenvalue weighted by Gasteiger charge is -2.07. The molecule has 20 heavy (non-hydrogen) atoms. The van der Waals surface area contributed by atoms with E-state index in [1.807, 2.05) is 29.6 Å². The van der Waals surface area contributed by atoms with Crippen LogP contribution >= 0.6 is 22.9 Å². The van der Waals surface area contributed by atoms with Crippen molar-refractivity contribution in [3.8, 4) is 0 Å². The van der Waals surface area contributed by atoms with E-state index in [1.54, 1.807) is 11.3 Å². The zero-order valence-corrected chi connectivity index (χ0v) is 11.7. The lowest BCUT2D eigenvalue weighted by atomic mass is 10.2. The van der Waals surface area contributed by atoms with Crippen molar-refractivity contribution in [3.05, 3.63) is 52.5 Å². The summed E-state index contributed by atoms with van der Waals surface area (Å²) >= 11 is 7.49. The van der Waals surface area contributed by atoms with Gasteiger partial charge in [-0.25, -0.2) is 9.78 Å². The van der Waals surface area contributed by atoms with Gasteiger partial charge < -0.3 is 10.4 Å². The smallest absolute Gasteiger partial charge is 0.335 e. The highest BCUT2D eigenvalue weighted by Crippen LogP contribution is 2.26. The average molecular weight is 305 g/mol. The van der Waals surface area contributed by atoms with Crippen LogP contribution in [-0.4, -0.2) is 16.1 Å². The molecule has 0 saturated carbocycles. The predicted octanol–water partition coefficient (Wildman–Crippen LogP) is 4.39. The topological polar surface area (TPSA) is 62.2 Å². The van der Waals surface area contributed by atoms with Crippen molar-refractivity contribution in [3.63, 3.8) is 0 Å². The summed E-state index contributed by atoms with van der Waals surface area (Å²) in [7, 11) is 0. The van der Waals surface area contributed by atoms with Crippen molar-refractivity contribution in [2.24, 2.45) is 0 Å². The van der Waals surface area contributed by atoms with Crippen LogP contribution < -0.4 is 5.32 Å². The number of benzene rings is 1. The third kappa shape index (κ3) is 2.59. The number of aromatic carboxylic acids is 1. The molecule has 2 aromatic heterocycles. The Morgan fingerprint density at radius 3 is 2.90 bits per heavy atom. The van der Waals surface area contributed by atoms with Gasteiger partial charge >= 0.3 is 5.97 Å². The summed E-state index contributed by atoms with van der Waals surface area (Å²) in [6.07, 6.45) is 0. The van der Waals surface area contributed by atoms with E-state index in [1.165, 1.54) is 16.8 Å². The number of hydrogen-bond acceptors (Lipinski definition) is 4. The summed E-state index contributed by atoms with van der Waals surface area (Å²) in [6, 6.07) is 10.7. The Labute approximate surface area is 123 Å². The minimum Gasteiger partial charge on any atom is -0.478 e. The van der Waals surface area contributed by atoms with Crippen LogP contribution in [-0.2, 0) is 0 Å². The quantitative estimate of drug-likeness (QED) is 0.704.